The van der Waals surface area contributed by atoms with Crippen molar-refractivity contribution in [2.45, 2.75) is 6.92 Å². The highest BCUT2D eigenvalue weighted by molar-refractivity contribution is 6.01. The van der Waals surface area contributed by atoms with Gasteiger partial charge < -0.3 is 0 Å². The number of ketones is 1. The number of carbonyl (C=O) groups excluding carboxylic acids is 1. The summed E-state index contributed by atoms with van der Waals surface area (Å²) in [7, 11) is 0. The van der Waals surface area contributed by atoms with Gasteiger partial charge in [0.25, 0.3) is 0 Å². The Morgan fingerprint density at radius 2 is 1.73 bits per heavy atom. The molecule has 0 saturated carbocycles. The zero-order valence-corrected chi connectivity index (χ0v) is 8.34. The highest BCUT2D eigenvalue weighted by atomic mass is 16.5. The maximum Gasteiger partial charge on any atom is 0.178 e. The number of hydrogen-bond acceptors (Lipinski definition) is 3. The number of carbonyl (C=O) groups is 1. The molecule has 1 N–H and O–H groups in total. The third-order valence-electron chi connectivity index (χ3n) is 2.31. The molecular weight excluding hydrogens is 190 g/mol. The van der Waals surface area contributed by atoms with E-state index in [0.29, 0.717) is 0 Å². The summed E-state index contributed by atoms with van der Waals surface area (Å²) in [4.78, 5) is 10.9. The van der Waals surface area contributed by atoms with E-state index in [1.54, 1.807) is 24.4 Å². The Morgan fingerprint density at radius 3 is 2.33 bits per heavy atom. The van der Waals surface area contributed by atoms with Crippen LogP contribution in [0.3, 0.4) is 0 Å². The van der Waals surface area contributed by atoms with Crippen molar-refractivity contribution < 1.29 is 10.0 Å². The lowest BCUT2D eigenvalue weighted by Gasteiger charge is -2.17. The molecule has 0 spiro atoms. The molecule has 2 rings (SSSR count). The van der Waals surface area contributed by atoms with Crippen LogP contribution in [0, 0.1) is 0 Å². The van der Waals surface area contributed by atoms with Gasteiger partial charge in [0.05, 0.1) is 0 Å². The highest BCUT2D eigenvalue weighted by Gasteiger charge is 2.08. The van der Waals surface area contributed by atoms with Gasteiger partial charge in [0.1, 0.15) is 0 Å². The molecule has 0 unspecified atom stereocenters. The zero-order chi connectivity index (χ0) is 10.8. The largest absolute Gasteiger partial charge is 0.290 e. The Bertz CT molecular complexity index is 432. The molecule has 1 heterocycles. The van der Waals surface area contributed by atoms with Gasteiger partial charge in [-0.3, -0.25) is 10.0 Å². The minimum absolute atomic E-state index is 0.00336. The highest BCUT2D eigenvalue weighted by Crippen LogP contribution is 2.20. The van der Waals surface area contributed by atoms with Crippen LogP contribution < -0.4 is 0 Å². The third-order valence-corrected chi connectivity index (χ3v) is 2.31. The molecule has 1 aliphatic carbocycles. The second-order valence-electron chi connectivity index (χ2n) is 3.43. The maximum atomic E-state index is 10.9. The lowest BCUT2D eigenvalue weighted by Crippen LogP contribution is -2.11. The van der Waals surface area contributed by atoms with Crippen molar-refractivity contribution in [2.75, 3.05) is 0 Å². The van der Waals surface area contributed by atoms with E-state index in [1.807, 2.05) is 13.0 Å². The van der Waals surface area contributed by atoms with Gasteiger partial charge in [-0.15, -0.1) is 0 Å². The first-order valence-corrected chi connectivity index (χ1v) is 4.66. The zero-order valence-electron chi connectivity index (χ0n) is 8.34. The molecule has 3 nitrogen and oxygen atoms in total. The Hall–Kier alpha value is -1.87. The van der Waals surface area contributed by atoms with E-state index in [1.165, 1.54) is 12.2 Å². The fraction of sp³-hybridized carbons (Fsp3) is 0.0833. The van der Waals surface area contributed by atoms with Crippen LogP contribution in [0.25, 0.3) is 0 Å². The molecule has 0 aromatic rings. The first kappa shape index (κ1) is 9.68. The van der Waals surface area contributed by atoms with Crippen LogP contribution in [0.2, 0.25) is 0 Å². The van der Waals surface area contributed by atoms with Crippen LogP contribution in [0.4, 0.5) is 0 Å². The molecule has 0 fully saturated rings. The van der Waals surface area contributed by atoms with Crippen LogP contribution in [-0.2, 0) is 4.79 Å². The molecule has 0 radical (unpaired) electrons. The lowest BCUT2D eigenvalue weighted by molar-refractivity contribution is -0.110. The summed E-state index contributed by atoms with van der Waals surface area (Å²) >= 11 is 0. The standard InChI is InChI=1S/C12H11NO2/c1-9-8-11(6-7-13(9)15)10-2-4-12(14)5-3-10/h2-8,15H,1H3. The lowest BCUT2D eigenvalue weighted by atomic mass is 10.0. The number of hydrogen-bond donors (Lipinski definition) is 1. The fourth-order valence-electron chi connectivity index (χ4n) is 1.43. The molecule has 3 heteroatoms. The number of hydroxylamine groups is 2. The maximum absolute atomic E-state index is 10.9. The number of allylic oxidation sites excluding steroid dienone is 9. The molecular formula is C12H11NO2. The van der Waals surface area contributed by atoms with Gasteiger partial charge in [0.15, 0.2) is 5.78 Å². The van der Waals surface area contributed by atoms with Crippen LogP contribution >= 0.6 is 0 Å². The molecule has 76 valence electrons. The van der Waals surface area contributed by atoms with E-state index in [9.17, 15) is 10.0 Å². The van der Waals surface area contributed by atoms with Crippen LogP contribution in [-0.4, -0.2) is 16.1 Å². The first-order chi connectivity index (χ1) is 7.16. The molecule has 1 aliphatic heterocycles. The van der Waals surface area contributed by atoms with Gasteiger partial charge in [-0.25, -0.2) is 5.06 Å². The van der Waals surface area contributed by atoms with Crippen molar-refractivity contribution in [3.8, 4) is 0 Å². The van der Waals surface area contributed by atoms with E-state index in [2.05, 4.69) is 0 Å². The Morgan fingerprint density at radius 1 is 1.07 bits per heavy atom. The summed E-state index contributed by atoms with van der Waals surface area (Å²) in [6.45, 7) is 1.81. The van der Waals surface area contributed by atoms with Crippen molar-refractivity contribution >= 4 is 5.78 Å². The molecule has 0 aromatic heterocycles. The molecule has 2 aliphatic rings. The Balaban J connectivity index is 2.36. The predicted molar refractivity (Wildman–Crippen MR) is 56.8 cm³/mol. The normalized spacial score (nSPS) is 20.0. The summed E-state index contributed by atoms with van der Waals surface area (Å²) in [6.07, 6.45) is 11.9. The SMILES string of the molecule is CC1=CC(=C2C=CC(=O)C=C2)C=CN1O. The van der Waals surface area contributed by atoms with E-state index >= 15 is 0 Å². The van der Waals surface area contributed by atoms with Crippen molar-refractivity contribution in [2.24, 2.45) is 0 Å². The van der Waals surface area contributed by atoms with Gasteiger partial charge >= 0.3 is 0 Å². The first-order valence-electron chi connectivity index (χ1n) is 4.66. The van der Waals surface area contributed by atoms with Crippen LogP contribution in [0.1, 0.15) is 6.92 Å². The summed E-state index contributed by atoms with van der Waals surface area (Å²) in [5.41, 5.74) is 2.70. The van der Waals surface area contributed by atoms with E-state index in [0.717, 1.165) is 21.9 Å². The Kier molecular flexibility index (Phi) is 2.39. The summed E-state index contributed by atoms with van der Waals surface area (Å²) in [6, 6.07) is 0. The summed E-state index contributed by atoms with van der Waals surface area (Å²) in [5.74, 6) is 0.00336. The monoisotopic (exact) mass is 201 g/mol. The molecule has 0 saturated heterocycles. The summed E-state index contributed by atoms with van der Waals surface area (Å²) < 4.78 is 0. The minimum atomic E-state index is 0.00336. The van der Waals surface area contributed by atoms with Crippen molar-refractivity contribution in [3.05, 3.63) is 59.5 Å². The van der Waals surface area contributed by atoms with Gasteiger partial charge in [-0.05, 0) is 42.4 Å². The van der Waals surface area contributed by atoms with Gasteiger partial charge in [-0.1, -0.05) is 12.2 Å². The van der Waals surface area contributed by atoms with E-state index in [4.69, 9.17) is 0 Å². The van der Waals surface area contributed by atoms with Gasteiger partial charge in [0, 0.05) is 11.9 Å². The molecule has 0 amide bonds. The van der Waals surface area contributed by atoms with Gasteiger partial charge in [0.2, 0.25) is 0 Å². The molecule has 0 aromatic carbocycles. The topological polar surface area (TPSA) is 40.5 Å². The second kappa shape index (κ2) is 3.71. The minimum Gasteiger partial charge on any atom is -0.290 e. The number of nitrogens with zero attached hydrogens (tertiary/aromatic N) is 1. The average Bonchev–Trinajstić information content (AvgIpc) is 2.23. The third kappa shape index (κ3) is 1.97. The van der Waals surface area contributed by atoms with Crippen LogP contribution in [0.5, 0.6) is 0 Å². The number of rotatable bonds is 0. The second-order valence-corrected chi connectivity index (χ2v) is 3.43. The quantitative estimate of drug-likeness (QED) is 0.652. The van der Waals surface area contributed by atoms with E-state index < -0.39 is 0 Å². The van der Waals surface area contributed by atoms with Crippen LogP contribution in [0.15, 0.2) is 59.5 Å². The average molecular weight is 201 g/mol. The smallest absolute Gasteiger partial charge is 0.178 e. The summed E-state index contributed by atoms with van der Waals surface area (Å²) in [5, 5.41) is 10.4. The van der Waals surface area contributed by atoms with Crippen molar-refractivity contribution in [3.63, 3.8) is 0 Å². The van der Waals surface area contributed by atoms with Crippen molar-refractivity contribution in [1.82, 2.24) is 5.06 Å². The fourth-order valence-corrected chi connectivity index (χ4v) is 1.43. The van der Waals surface area contributed by atoms with Gasteiger partial charge in [-0.2, -0.15) is 0 Å². The Labute approximate surface area is 88.0 Å². The molecule has 0 atom stereocenters. The van der Waals surface area contributed by atoms with Crippen molar-refractivity contribution in [1.29, 1.82) is 0 Å². The predicted octanol–water partition coefficient (Wildman–Crippen LogP) is 2.10. The molecule has 15 heavy (non-hydrogen) atoms. The van der Waals surface area contributed by atoms with E-state index in [-0.39, 0.29) is 5.78 Å². The molecule has 0 bridgehead atoms.